The number of hydrogen-bond acceptors (Lipinski definition) is 2. The van der Waals surface area contributed by atoms with Crippen LogP contribution in [0.15, 0.2) is 12.4 Å². The molecule has 90 valence electrons. The third-order valence-corrected chi connectivity index (χ3v) is 3.21. The second-order valence-electron chi connectivity index (χ2n) is 4.38. The lowest BCUT2D eigenvalue weighted by atomic mass is 9.91. The highest BCUT2D eigenvalue weighted by Crippen LogP contribution is 2.30. The van der Waals surface area contributed by atoms with E-state index in [0.717, 1.165) is 13.2 Å². The Balaban J connectivity index is 2.10. The van der Waals surface area contributed by atoms with Gasteiger partial charge >= 0.3 is 0 Å². The quantitative estimate of drug-likeness (QED) is 0.828. The van der Waals surface area contributed by atoms with Gasteiger partial charge in [-0.15, -0.1) is 0 Å². The molecule has 0 spiro atoms. The molecule has 0 saturated heterocycles. The molecule has 1 aliphatic rings. The zero-order valence-corrected chi connectivity index (χ0v) is 10.3. The Morgan fingerprint density at radius 3 is 3.06 bits per heavy atom. The molecule has 0 aromatic carbocycles. The monoisotopic (exact) mass is 222 g/mol. The van der Waals surface area contributed by atoms with Crippen molar-refractivity contribution >= 4 is 0 Å². The van der Waals surface area contributed by atoms with E-state index in [1.807, 2.05) is 6.92 Å². The van der Waals surface area contributed by atoms with Crippen LogP contribution in [0.2, 0.25) is 0 Å². The van der Waals surface area contributed by atoms with Crippen LogP contribution in [-0.4, -0.2) is 17.7 Å². The van der Waals surface area contributed by atoms with E-state index in [9.17, 15) is 0 Å². The van der Waals surface area contributed by atoms with Crippen LogP contribution < -0.4 is 5.32 Å². The first-order valence-electron chi connectivity index (χ1n) is 6.34. The van der Waals surface area contributed by atoms with Crippen molar-refractivity contribution in [2.75, 3.05) is 13.2 Å². The van der Waals surface area contributed by atoms with Crippen molar-refractivity contribution in [2.24, 2.45) is 0 Å². The number of rotatable bonds is 5. The number of aryl methyl sites for hydroxylation is 1. The summed E-state index contributed by atoms with van der Waals surface area (Å²) < 4.78 is 7.61. The molecule has 0 fully saturated rings. The molecule has 1 aromatic rings. The lowest BCUT2D eigenvalue weighted by Crippen LogP contribution is -2.23. The van der Waals surface area contributed by atoms with Gasteiger partial charge in [0.2, 0.25) is 0 Å². The number of nitrogens with one attached hydrogen (secondary N) is 1. The molecule has 0 bridgehead atoms. The molecular formula is C13H22N2O. The summed E-state index contributed by atoms with van der Waals surface area (Å²) in [6.07, 6.45) is 8.27. The van der Waals surface area contributed by atoms with Gasteiger partial charge in [0.15, 0.2) is 0 Å². The summed E-state index contributed by atoms with van der Waals surface area (Å²) in [5.41, 5.74) is 2.98. The first-order valence-corrected chi connectivity index (χ1v) is 6.34. The average molecular weight is 222 g/mol. The lowest BCUT2D eigenvalue weighted by Gasteiger charge is -2.22. The van der Waals surface area contributed by atoms with Gasteiger partial charge in [0.1, 0.15) is 6.73 Å². The summed E-state index contributed by atoms with van der Waals surface area (Å²) in [7, 11) is 0. The van der Waals surface area contributed by atoms with Crippen LogP contribution >= 0.6 is 0 Å². The molecule has 1 N–H and O–H groups in total. The second kappa shape index (κ2) is 5.51. The van der Waals surface area contributed by atoms with Crippen molar-refractivity contribution in [1.29, 1.82) is 0 Å². The van der Waals surface area contributed by atoms with Crippen LogP contribution in [0.25, 0.3) is 0 Å². The molecule has 0 aliphatic heterocycles. The van der Waals surface area contributed by atoms with E-state index >= 15 is 0 Å². The Kier molecular flexibility index (Phi) is 4.02. The first kappa shape index (κ1) is 11.7. The van der Waals surface area contributed by atoms with Crippen molar-refractivity contribution in [3.8, 4) is 0 Å². The molecule has 0 saturated carbocycles. The minimum Gasteiger partial charge on any atom is -0.361 e. The molecule has 1 unspecified atom stereocenters. The molecule has 0 radical (unpaired) electrons. The summed E-state index contributed by atoms with van der Waals surface area (Å²) in [4.78, 5) is 0. The predicted molar refractivity (Wildman–Crippen MR) is 65.4 cm³/mol. The zero-order chi connectivity index (χ0) is 11.4. The minimum atomic E-state index is 0.552. The molecule has 1 aromatic heterocycles. The molecule has 3 nitrogen and oxygen atoms in total. The van der Waals surface area contributed by atoms with Crippen LogP contribution in [0.5, 0.6) is 0 Å². The van der Waals surface area contributed by atoms with E-state index in [1.54, 1.807) is 0 Å². The molecule has 1 atom stereocenters. The van der Waals surface area contributed by atoms with Gasteiger partial charge in [-0.2, -0.15) is 0 Å². The van der Waals surface area contributed by atoms with Crippen LogP contribution in [-0.2, 0) is 17.9 Å². The maximum absolute atomic E-state index is 5.44. The normalized spacial score (nSPS) is 19.8. The highest BCUT2D eigenvalue weighted by Gasteiger charge is 2.20. The lowest BCUT2D eigenvalue weighted by molar-refractivity contribution is 0.0879. The standard InChI is InChI=1S/C13H22N2O/c1-3-14-13-7-5-6-11-8-15(9-12(11)13)10-16-4-2/h8-9,13-14H,3-7,10H2,1-2H3. The Hall–Kier alpha value is -0.800. The van der Waals surface area contributed by atoms with E-state index in [-0.39, 0.29) is 0 Å². The fourth-order valence-corrected chi connectivity index (χ4v) is 2.48. The molecular weight excluding hydrogens is 200 g/mol. The van der Waals surface area contributed by atoms with E-state index in [0.29, 0.717) is 12.8 Å². The van der Waals surface area contributed by atoms with Gasteiger partial charge in [0.05, 0.1) is 0 Å². The fraction of sp³-hybridized carbons (Fsp3) is 0.692. The molecule has 0 amide bonds. The summed E-state index contributed by atoms with van der Waals surface area (Å²) in [6.45, 7) is 6.71. The fourth-order valence-electron chi connectivity index (χ4n) is 2.48. The van der Waals surface area contributed by atoms with E-state index in [4.69, 9.17) is 4.74 Å². The number of fused-ring (bicyclic) bond motifs is 1. The Morgan fingerprint density at radius 1 is 1.44 bits per heavy atom. The summed E-state index contributed by atoms with van der Waals surface area (Å²) in [5, 5.41) is 3.56. The van der Waals surface area contributed by atoms with E-state index in [1.165, 1.54) is 30.4 Å². The topological polar surface area (TPSA) is 26.2 Å². The van der Waals surface area contributed by atoms with Gasteiger partial charge in [-0.3, -0.25) is 0 Å². The second-order valence-corrected chi connectivity index (χ2v) is 4.38. The van der Waals surface area contributed by atoms with Crippen molar-refractivity contribution < 1.29 is 4.74 Å². The highest BCUT2D eigenvalue weighted by atomic mass is 16.5. The van der Waals surface area contributed by atoms with Gasteiger partial charge < -0.3 is 14.6 Å². The summed E-state index contributed by atoms with van der Waals surface area (Å²) in [6, 6.07) is 0.552. The zero-order valence-electron chi connectivity index (χ0n) is 10.3. The Morgan fingerprint density at radius 2 is 2.31 bits per heavy atom. The smallest absolute Gasteiger partial charge is 0.122 e. The number of nitrogens with zero attached hydrogens (tertiary/aromatic N) is 1. The number of hydrogen-bond donors (Lipinski definition) is 1. The van der Waals surface area contributed by atoms with E-state index in [2.05, 4.69) is 29.2 Å². The molecule has 1 aliphatic carbocycles. The van der Waals surface area contributed by atoms with Gasteiger partial charge in [-0.1, -0.05) is 6.92 Å². The number of ether oxygens (including phenoxy) is 1. The van der Waals surface area contributed by atoms with Gasteiger partial charge in [0.25, 0.3) is 0 Å². The summed E-state index contributed by atoms with van der Waals surface area (Å²) >= 11 is 0. The van der Waals surface area contributed by atoms with Crippen molar-refractivity contribution in [2.45, 2.75) is 45.9 Å². The highest BCUT2D eigenvalue weighted by molar-refractivity contribution is 5.30. The van der Waals surface area contributed by atoms with Crippen LogP contribution in [0.1, 0.15) is 43.9 Å². The molecule has 16 heavy (non-hydrogen) atoms. The Bertz CT molecular complexity index is 333. The first-order chi connectivity index (χ1) is 7.85. The van der Waals surface area contributed by atoms with Crippen LogP contribution in [0, 0.1) is 0 Å². The maximum Gasteiger partial charge on any atom is 0.122 e. The maximum atomic E-state index is 5.44. The molecule has 3 heteroatoms. The van der Waals surface area contributed by atoms with Gasteiger partial charge in [0, 0.05) is 25.0 Å². The number of aromatic nitrogens is 1. The minimum absolute atomic E-state index is 0.552. The van der Waals surface area contributed by atoms with Crippen molar-refractivity contribution in [3.63, 3.8) is 0 Å². The predicted octanol–water partition coefficient (Wildman–Crippen LogP) is 2.47. The van der Waals surface area contributed by atoms with Gasteiger partial charge in [-0.25, -0.2) is 0 Å². The third kappa shape index (κ3) is 2.47. The van der Waals surface area contributed by atoms with E-state index < -0.39 is 0 Å². The average Bonchev–Trinajstić information content (AvgIpc) is 2.70. The third-order valence-electron chi connectivity index (χ3n) is 3.21. The van der Waals surface area contributed by atoms with Crippen LogP contribution in [0.3, 0.4) is 0 Å². The molecule has 2 rings (SSSR count). The molecule has 1 heterocycles. The SMILES string of the molecule is CCNC1CCCc2cn(COCC)cc21. The van der Waals surface area contributed by atoms with Crippen LogP contribution in [0.4, 0.5) is 0 Å². The summed E-state index contributed by atoms with van der Waals surface area (Å²) in [5.74, 6) is 0. The van der Waals surface area contributed by atoms with Crippen molar-refractivity contribution in [3.05, 3.63) is 23.5 Å². The largest absolute Gasteiger partial charge is 0.361 e. The van der Waals surface area contributed by atoms with Crippen molar-refractivity contribution in [1.82, 2.24) is 9.88 Å². The Labute approximate surface area is 97.8 Å². The van der Waals surface area contributed by atoms with Gasteiger partial charge in [-0.05, 0) is 43.9 Å².